The number of amides is 1. The van der Waals surface area contributed by atoms with Crippen LogP contribution in [0.15, 0.2) is 64.4 Å². The molecule has 1 amide bonds. The highest BCUT2D eigenvalue weighted by molar-refractivity contribution is 6.01. The normalized spacial score (nSPS) is 12.4. The van der Waals surface area contributed by atoms with Crippen LogP contribution in [-0.4, -0.2) is 54.0 Å². The summed E-state index contributed by atoms with van der Waals surface area (Å²) in [6.07, 6.45) is 1.33. The molecule has 0 N–H and O–H groups in total. The number of aryl methyl sites for hydroxylation is 4. The molecule has 2 heterocycles. The van der Waals surface area contributed by atoms with E-state index in [1.54, 1.807) is 54.7 Å². The van der Waals surface area contributed by atoms with Gasteiger partial charge in [0.05, 0.1) is 31.2 Å². The van der Waals surface area contributed by atoms with Gasteiger partial charge in [-0.05, 0) is 62.1 Å². The lowest BCUT2D eigenvalue weighted by Gasteiger charge is -2.25. The molecule has 0 fully saturated rings. The summed E-state index contributed by atoms with van der Waals surface area (Å²) in [7, 11) is 4.87. The van der Waals surface area contributed by atoms with Crippen molar-refractivity contribution in [3.05, 3.63) is 104 Å². The molecule has 3 aromatic carbocycles. The highest BCUT2D eigenvalue weighted by Gasteiger charge is 2.23. The molecule has 0 saturated carbocycles. The van der Waals surface area contributed by atoms with Crippen LogP contribution in [0.5, 0.6) is 11.5 Å². The summed E-state index contributed by atoms with van der Waals surface area (Å²) in [5, 5.41) is 0. The van der Waals surface area contributed by atoms with Crippen LogP contribution in [0, 0.1) is 20.8 Å². The standard InChI is InChI=1S/C34H36N4O5/c1-21-15-22(2)32(23(3)16-21)35-31-19-28-27-18-30(43-6)29(42-5)17-24(27)11-12-37(28)34(41)38(31)14-13-36(4)33(40)26-10-8-7-9-25(26)20-39/h7-10,15-20H,11-14H2,1-6H3. The van der Waals surface area contributed by atoms with E-state index < -0.39 is 0 Å². The quantitative estimate of drug-likeness (QED) is 0.283. The maximum absolute atomic E-state index is 14.1. The van der Waals surface area contributed by atoms with Crippen LogP contribution in [-0.2, 0) is 19.5 Å². The van der Waals surface area contributed by atoms with Gasteiger partial charge in [0.25, 0.3) is 5.91 Å². The van der Waals surface area contributed by atoms with E-state index in [0.29, 0.717) is 47.4 Å². The maximum Gasteiger partial charge on any atom is 0.330 e. The van der Waals surface area contributed by atoms with Gasteiger partial charge in [-0.2, -0.15) is 0 Å². The van der Waals surface area contributed by atoms with Crippen molar-refractivity contribution < 1.29 is 19.1 Å². The summed E-state index contributed by atoms with van der Waals surface area (Å²) in [5.41, 5.74) is 7.57. The number of carbonyl (C=O) groups excluding carboxylic acids is 2. The zero-order valence-electron chi connectivity index (χ0n) is 25.4. The van der Waals surface area contributed by atoms with Gasteiger partial charge in [0.2, 0.25) is 0 Å². The molecule has 222 valence electrons. The molecular formula is C34H36N4O5. The van der Waals surface area contributed by atoms with Crippen LogP contribution >= 0.6 is 0 Å². The minimum Gasteiger partial charge on any atom is -0.493 e. The lowest BCUT2D eigenvalue weighted by molar-refractivity contribution is 0.0786. The Balaban J connectivity index is 1.64. The van der Waals surface area contributed by atoms with Gasteiger partial charge in [-0.3, -0.25) is 18.7 Å². The van der Waals surface area contributed by atoms with Crippen LogP contribution in [0.2, 0.25) is 0 Å². The fourth-order valence-corrected chi connectivity index (χ4v) is 5.78. The molecule has 0 radical (unpaired) electrons. The number of likely N-dealkylation sites (N-methyl/N-ethyl adjacent to an activating group) is 1. The van der Waals surface area contributed by atoms with E-state index in [1.807, 2.05) is 39.0 Å². The van der Waals surface area contributed by atoms with Gasteiger partial charge in [0.1, 0.15) is 5.49 Å². The van der Waals surface area contributed by atoms with Crippen LogP contribution in [0.3, 0.4) is 0 Å². The van der Waals surface area contributed by atoms with E-state index in [9.17, 15) is 14.4 Å². The number of aromatic nitrogens is 2. The van der Waals surface area contributed by atoms with E-state index in [1.165, 1.54) is 4.90 Å². The topological polar surface area (TPSA) is 95.1 Å². The minimum absolute atomic E-state index is 0.214. The van der Waals surface area contributed by atoms with Gasteiger partial charge in [-0.1, -0.05) is 35.9 Å². The van der Waals surface area contributed by atoms with Gasteiger partial charge in [0, 0.05) is 43.9 Å². The number of aldehydes is 1. The molecule has 0 bridgehead atoms. The third-order valence-electron chi connectivity index (χ3n) is 7.97. The van der Waals surface area contributed by atoms with E-state index in [2.05, 4.69) is 12.1 Å². The summed E-state index contributed by atoms with van der Waals surface area (Å²) in [6.45, 7) is 7.01. The predicted octanol–water partition coefficient (Wildman–Crippen LogP) is 4.63. The molecule has 1 aliphatic heterocycles. The second kappa shape index (κ2) is 12.1. The summed E-state index contributed by atoms with van der Waals surface area (Å²) in [4.78, 5) is 45.5. The molecule has 0 spiro atoms. The van der Waals surface area contributed by atoms with Crippen molar-refractivity contribution in [2.24, 2.45) is 4.99 Å². The monoisotopic (exact) mass is 580 g/mol. The molecule has 5 rings (SSSR count). The minimum atomic E-state index is -0.292. The van der Waals surface area contributed by atoms with E-state index in [-0.39, 0.29) is 24.7 Å². The lowest BCUT2D eigenvalue weighted by atomic mass is 9.97. The number of hydrogen-bond acceptors (Lipinski definition) is 6. The lowest BCUT2D eigenvalue weighted by Crippen LogP contribution is -2.44. The van der Waals surface area contributed by atoms with Crippen molar-refractivity contribution in [3.8, 4) is 22.8 Å². The Morgan fingerprint density at radius 3 is 2.35 bits per heavy atom. The van der Waals surface area contributed by atoms with Crippen LogP contribution in [0.1, 0.15) is 43.0 Å². The van der Waals surface area contributed by atoms with Crippen molar-refractivity contribution in [3.63, 3.8) is 0 Å². The van der Waals surface area contributed by atoms with Gasteiger partial charge >= 0.3 is 5.69 Å². The number of benzene rings is 3. The Morgan fingerprint density at radius 2 is 1.67 bits per heavy atom. The average Bonchev–Trinajstić information content (AvgIpc) is 3.00. The van der Waals surface area contributed by atoms with Crippen molar-refractivity contribution >= 4 is 17.9 Å². The number of rotatable bonds is 8. The summed E-state index contributed by atoms with van der Waals surface area (Å²) in [5.74, 6) is 0.932. The zero-order valence-corrected chi connectivity index (χ0v) is 25.4. The SMILES string of the molecule is COc1cc2c(cc1OC)-c1cc(=Nc3c(C)cc(C)cc3C)n(CCN(C)C(=O)c3ccccc3C=O)c(=O)n1CC2. The Kier molecular flexibility index (Phi) is 8.34. The third kappa shape index (κ3) is 5.62. The molecule has 4 aromatic rings. The van der Waals surface area contributed by atoms with Crippen LogP contribution < -0.4 is 20.7 Å². The number of methoxy groups -OCH3 is 2. The Bertz CT molecular complexity index is 1850. The number of nitrogens with zero attached hydrogens (tertiary/aromatic N) is 4. The smallest absolute Gasteiger partial charge is 0.330 e. The van der Waals surface area contributed by atoms with E-state index in [0.717, 1.165) is 39.2 Å². The molecular weight excluding hydrogens is 544 g/mol. The average molecular weight is 581 g/mol. The van der Waals surface area contributed by atoms with Crippen molar-refractivity contribution in [2.45, 2.75) is 40.3 Å². The van der Waals surface area contributed by atoms with Gasteiger partial charge in [-0.15, -0.1) is 0 Å². The third-order valence-corrected chi connectivity index (χ3v) is 7.97. The highest BCUT2D eigenvalue weighted by Crippen LogP contribution is 2.37. The molecule has 0 atom stereocenters. The van der Waals surface area contributed by atoms with Crippen molar-refractivity contribution in [1.82, 2.24) is 14.0 Å². The first-order valence-corrected chi connectivity index (χ1v) is 14.2. The second-order valence-corrected chi connectivity index (χ2v) is 10.9. The molecule has 9 heteroatoms. The Morgan fingerprint density at radius 1 is 1.00 bits per heavy atom. The van der Waals surface area contributed by atoms with Gasteiger partial charge in [0.15, 0.2) is 17.8 Å². The highest BCUT2D eigenvalue weighted by atomic mass is 16.5. The molecule has 1 aromatic heterocycles. The number of carbonyl (C=O) groups is 2. The van der Waals surface area contributed by atoms with Gasteiger partial charge < -0.3 is 14.4 Å². The van der Waals surface area contributed by atoms with Crippen molar-refractivity contribution in [2.75, 3.05) is 27.8 Å². The molecule has 0 saturated heterocycles. The fraction of sp³-hybridized carbons (Fsp3) is 0.294. The Labute approximate surface area is 250 Å². The van der Waals surface area contributed by atoms with Gasteiger partial charge in [-0.25, -0.2) is 9.79 Å². The first kappa shape index (κ1) is 29.6. The van der Waals surface area contributed by atoms with E-state index in [4.69, 9.17) is 14.5 Å². The summed E-state index contributed by atoms with van der Waals surface area (Å²) in [6, 6.07) is 16.7. The van der Waals surface area contributed by atoms with Crippen molar-refractivity contribution in [1.29, 1.82) is 0 Å². The first-order chi connectivity index (χ1) is 20.7. The molecule has 9 nitrogen and oxygen atoms in total. The summed E-state index contributed by atoms with van der Waals surface area (Å²) < 4.78 is 14.5. The van der Waals surface area contributed by atoms with Crippen LogP contribution in [0.4, 0.5) is 5.69 Å². The second-order valence-electron chi connectivity index (χ2n) is 10.9. The molecule has 43 heavy (non-hydrogen) atoms. The fourth-order valence-electron chi connectivity index (χ4n) is 5.78. The zero-order chi connectivity index (χ0) is 30.8. The number of hydrogen-bond donors (Lipinski definition) is 0. The number of ether oxygens (including phenoxy) is 2. The maximum atomic E-state index is 14.1. The molecule has 0 aliphatic carbocycles. The largest absolute Gasteiger partial charge is 0.493 e. The van der Waals surface area contributed by atoms with Crippen LogP contribution in [0.25, 0.3) is 11.3 Å². The predicted molar refractivity (Wildman–Crippen MR) is 166 cm³/mol. The van der Waals surface area contributed by atoms with E-state index >= 15 is 0 Å². The number of fused-ring (bicyclic) bond motifs is 3. The Hall–Kier alpha value is -4.92. The molecule has 0 unspecified atom stereocenters. The first-order valence-electron chi connectivity index (χ1n) is 14.2. The summed E-state index contributed by atoms with van der Waals surface area (Å²) >= 11 is 0. The molecule has 1 aliphatic rings.